The second-order valence-corrected chi connectivity index (χ2v) is 6.24. The summed E-state index contributed by atoms with van der Waals surface area (Å²) in [5, 5.41) is 17.2. The van der Waals surface area contributed by atoms with Gasteiger partial charge in [0.15, 0.2) is 0 Å². The largest absolute Gasteiger partial charge is 0.381 e. The molecule has 1 fully saturated rings. The smallest absolute Gasteiger partial charge is 0.231 e. The molecular weight excluding hydrogens is 330 g/mol. The van der Waals surface area contributed by atoms with Gasteiger partial charge in [-0.1, -0.05) is 17.7 Å². The number of aromatic amines is 1. The highest BCUT2D eigenvalue weighted by Crippen LogP contribution is 2.36. The molecule has 0 radical (unpaired) electrons. The van der Waals surface area contributed by atoms with Crippen LogP contribution in [0, 0.1) is 5.41 Å². The number of hydrogen-bond acceptors (Lipinski definition) is 5. The lowest BCUT2D eigenvalue weighted by Crippen LogP contribution is -2.40. The number of benzene rings is 1. The fraction of sp³-hybridized carbons (Fsp3) is 0.375. The van der Waals surface area contributed by atoms with Crippen molar-refractivity contribution in [2.75, 3.05) is 18.5 Å². The summed E-state index contributed by atoms with van der Waals surface area (Å²) >= 11 is 6.16. The monoisotopic (exact) mass is 347 g/mol. The number of halogens is 1. The Labute approximate surface area is 144 Å². The van der Waals surface area contributed by atoms with E-state index in [9.17, 15) is 4.79 Å². The predicted octanol–water partition coefficient (Wildman–Crippen LogP) is 2.83. The van der Waals surface area contributed by atoms with Crippen LogP contribution in [0.4, 0.5) is 5.69 Å². The van der Waals surface area contributed by atoms with Crippen molar-refractivity contribution in [1.29, 1.82) is 0 Å². The summed E-state index contributed by atoms with van der Waals surface area (Å²) in [5.41, 5.74) is 0.785. The van der Waals surface area contributed by atoms with Crippen LogP contribution in [0.1, 0.15) is 19.3 Å². The molecule has 1 saturated heterocycles. The zero-order chi connectivity index (χ0) is 17.0. The van der Waals surface area contributed by atoms with E-state index in [4.69, 9.17) is 16.3 Å². The second-order valence-electron chi connectivity index (χ2n) is 5.80. The van der Waals surface area contributed by atoms with Gasteiger partial charge in [-0.25, -0.2) is 0 Å². The SMILES string of the molecule is C=CCC1(C(=O)Nc2cc(Cl)cc(-c3nn[nH]n3)c2)CCOCC1. The highest BCUT2D eigenvalue weighted by molar-refractivity contribution is 6.31. The van der Waals surface area contributed by atoms with E-state index in [1.54, 1.807) is 24.3 Å². The molecular formula is C16H18ClN5O2. The van der Waals surface area contributed by atoms with E-state index in [0.29, 0.717) is 54.6 Å². The van der Waals surface area contributed by atoms with E-state index in [1.807, 2.05) is 0 Å². The van der Waals surface area contributed by atoms with Gasteiger partial charge in [-0.3, -0.25) is 4.79 Å². The van der Waals surface area contributed by atoms with Gasteiger partial charge in [0.05, 0.1) is 5.41 Å². The number of tetrazole rings is 1. The van der Waals surface area contributed by atoms with Crippen LogP contribution in [-0.4, -0.2) is 39.7 Å². The molecule has 126 valence electrons. The quantitative estimate of drug-likeness (QED) is 0.811. The van der Waals surface area contributed by atoms with Crippen LogP contribution in [0.25, 0.3) is 11.4 Å². The van der Waals surface area contributed by atoms with Crippen molar-refractivity contribution >= 4 is 23.2 Å². The van der Waals surface area contributed by atoms with Crippen LogP contribution in [-0.2, 0) is 9.53 Å². The predicted molar refractivity (Wildman–Crippen MR) is 90.6 cm³/mol. The number of nitrogens with zero attached hydrogens (tertiary/aromatic N) is 3. The molecule has 0 unspecified atom stereocenters. The minimum absolute atomic E-state index is 0.0490. The first kappa shape index (κ1) is 16.6. The van der Waals surface area contributed by atoms with Crippen molar-refractivity contribution in [2.24, 2.45) is 5.41 Å². The Balaban J connectivity index is 1.84. The molecule has 0 atom stereocenters. The Morgan fingerprint density at radius 1 is 1.42 bits per heavy atom. The van der Waals surface area contributed by atoms with Gasteiger partial charge in [-0.05, 0) is 42.7 Å². The number of nitrogens with one attached hydrogen (secondary N) is 2. The minimum Gasteiger partial charge on any atom is -0.381 e. The number of carbonyl (C=O) groups is 1. The molecule has 0 spiro atoms. The Bertz CT molecular complexity index is 726. The Morgan fingerprint density at radius 3 is 2.88 bits per heavy atom. The van der Waals surface area contributed by atoms with E-state index in [0.717, 1.165) is 0 Å². The standard InChI is InChI=1S/C16H18ClN5O2/c1-2-3-16(4-6-24-7-5-16)15(23)18-13-9-11(8-12(17)10-13)14-19-21-22-20-14/h2,8-10H,1,3-7H2,(H,18,23)(H,19,20,21,22). The van der Waals surface area contributed by atoms with Gasteiger partial charge >= 0.3 is 0 Å². The fourth-order valence-electron chi connectivity index (χ4n) is 2.90. The van der Waals surface area contributed by atoms with Crippen molar-refractivity contribution in [2.45, 2.75) is 19.3 Å². The molecule has 1 amide bonds. The average Bonchev–Trinajstić information content (AvgIpc) is 3.10. The van der Waals surface area contributed by atoms with E-state index >= 15 is 0 Å². The molecule has 1 aromatic carbocycles. The molecule has 0 aliphatic carbocycles. The topological polar surface area (TPSA) is 92.8 Å². The van der Waals surface area contributed by atoms with Crippen molar-refractivity contribution in [3.05, 3.63) is 35.9 Å². The van der Waals surface area contributed by atoms with Gasteiger partial charge in [-0.2, -0.15) is 5.21 Å². The normalized spacial score (nSPS) is 16.5. The number of anilines is 1. The van der Waals surface area contributed by atoms with Crippen LogP contribution >= 0.6 is 11.6 Å². The number of aromatic nitrogens is 4. The summed E-state index contributed by atoms with van der Waals surface area (Å²) < 4.78 is 5.40. The highest BCUT2D eigenvalue weighted by Gasteiger charge is 2.38. The Morgan fingerprint density at radius 2 is 2.21 bits per heavy atom. The minimum atomic E-state index is -0.491. The summed E-state index contributed by atoms with van der Waals surface area (Å²) in [6.45, 7) is 4.93. The molecule has 0 saturated carbocycles. The molecule has 2 N–H and O–H groups in total. The van der Waals surface area contributed by atoms with Crippen molar-refractivity contribution in [3.8, 4) is 11.4 Å². The van der Waals surface area contributed by atoms with Gasteiger partial charge in [0.2, 0.25) is 11.7 Å². The zero-order valence-corrected chi connectivity index (χ0v) is 13.8. The van der Waals surface area contributed by atoms with Gasteiger partial charge < -0.3 is 10.1 Å². The molecule has 2 aromatic rings. The first-order valence-corrected chi connectivity index (χ1v) is 8.05. The zero-order valence-electron chi connectivity index (χ0n) is 13.1. The summed E-state index contributed by atoms with van der Waals surface area (Å²) in [5.74, 6) is 0.367. The maximum Gasteiger partial charge on any atom is 0.231 e. The number of H-pyrrole nitrogens is 1. The van der Waals surface area contributed by atoms with Crippen molar-refractivity contribution in [1.82, 2.24) is 20.6 Å². The summed E-state index contributed by atoms with van der Waals surface area (Å²) in [6.07, 6.45) is 3.74. The third-order valence-electron chi connectivity index (χ3n) is 4.23. The molecule has 24 heavy (non-hydrogen) atoms. The number of hydrogen-bond donors (Lipinski definition) is 2. The summed E-state index contributed by atoms with van der Waals surface area (Å²) in [6, 6.07) is 5.19. The average molecular weight is 348 g/mol. The van der Waals surface area contributed by atoms with Crippen molar-refractivity contribution in [3.63, 3.8) is 0 Å². The van der Waals surface area contributed by atoms with Gasteiger partial charge in [-0.15, -0.1) is 16.8 Å². The third kappa shape index (κ3) is 3.47. The number of ether oxygens (including phenoxy) is 1. The molecule has 2 heterocycles. The van der Waals surface area contributed by atoms with E-state index in [1.165, 1.54) is 0 Å². The summed E-state index contributed by atoms with van der Waals surface area (Å²) in [7, 11) is 0. The lowest BCUT2D eigenvalue weighted by Gasteiger charge is -2.35. The maximum absolute atomic E-state index is 12.9. The van der Waals surface area contributed by atoms with Crippen LogP contribution in [0.3, 0.4) is 0 Å². The van der Waals surface area contributed by atoms with Crippen molar-refractivity contribution < 1.29 is 9.53 Å². The molecule has 1 aromatic heterocycles. The van der Waals surface area contributed by atoms with E-state index < -0.39 is 5.41 Å². The number of allylic oxidation sites excluding steroid dienone is 1. The molecule has 7 nitrogen and oxygen atoms in total. The molecule has 1 aliphatic rings. The Kier molecular flexibility index (Phi) is 4.92. The first-order chi connectivity index (χ1) is 11.6. The second kappa shape index (κ2) is 7.11. The number of carbonyl (C=O) groups excluding carboxylic acids is 1. The first-order valence-electron chi connectivity index (χ1n) is 7.67. The van der Waals surface area contributed by atoms with Gasteiger partial charge in [0, 0.05) is 29.5 Å². The lowest BCUT2D eigenvalue weighted by molar-refractivity contribution is -0.130. The van der Waals surface area contributed by atoms with Gasteiger partial charge in [0.1, 0.15) is 0 Å². The number of rotatable bonds is 5. The van der Waals surface area contributed by atoms with Crippen LogP contribution in [0.2, 0.25) is 5.02 Å². The van der Waals surface area contributed by atoms with E-state index in [2.05, 4.69) is 32.5 Å². The fourth-order valence-corrected chi connectivity index (χ4v) is 3.14. The van der Waals surface area contributed by atoms with E-state index in [-0.39, 0.29) is 5.91 Å². The lowest BCUT2D eigenvalue weighted by atomic mass is 9.76. The molecule has 1 aliphatic heterocycles. The molecule has 8 heteroatoms. The van der Waals surface area contributed by atoms with Crippen LogP contribution in [0.5, 0.6) is 0 Å². The maximum atomic E-state index is 12.9. The number of amides is 1. The highest BCUT2D eigenvalue weighted by atomic mass is 35.5. The molecule has 0 bridgehead atoms. The van der Waals surface area contributed by atoms with Crippen LogP contribution < -0.4 is 5.32 Å². The van der Waals surface area contributed by atoms with Gasteiger partial charge in [0.25, 0.3) is 0 Å². The Hall–Kier alpha value is -2.25. The van der Waals surface area contributed by atoms with Crippen LogP contribution in [0.15, 0.2) is 30.9 Å². The third-order valence-corrected chi connectivity index (χ3v) is 4.44. The molecule has 3 rings (SSSR count). The summed E-state index contributed by atoms with van der Waals surface area (Å²) in [4.78, 5) is 12.9.